The van der Waals surface area contributed by atoms with E-state index in [0.717, 1.165) is 5.75 Å². The molecule has 1 amide bonds. The monoisotopic (exact) mass is 419 g/mol. The fraction of sp³-hybridized carbons (Fsp3) is 0.350. The lowest BCUT2D eigenvalue weighted by molar-refractivity contribution is -0.384. The lowest BCUT2D eigenvalue weighted by Gasteiger charge is -2.35. The van der Waals surface area contributed by atoms with E-state index in [1.165, 1.54) is 6.07 Å². The molecule has 29 heavy (non-hydrogen) atoms. The molecule has 0 radical (unpaired) electrons. The average molecular weight is 420 g/mol. The van der Waals surface area contributed by atoms with Crippen molar-refractivity contribution in [2.75, 3.05) is 50.9 Å². The van der Waals surface area contributed by atoms with Gasteiger partial charge in [-0.2, -0.15) is 0 Å². The van der Waals surface area contributed by atoms with Crippen molar-refractivity contribution in [2.24, 2.45) is 0 Å². The van der Waals surface area contributed by atoms with Gasteiger partial charge < -0.3 is 19.3 Å². The van der Waals surface area contributed by atoms with Crippen LogP contribution in [-0.4, -0.2) is 61.7 Å². The maximum atomic E-state index is 12.3. The van der Waals surface area contributed by atoms with E-state index < -0.39 is 4.92 Å². The number of nitrogens with zero attached hydrogens (tertiary/aromatic N) is 3. The molecule has 1 aliphatic rings. The highest BCUT2D eigenvalue weighted by atomic mass is 35.5. The van der Waals surface area contributed by atoms with Crippen LogP contribution in [0, 0.1) is 10.1 Å². The van der Waals surface area contributed by atoms with Crippen LogP contribution in [0.15, 0.2) is 48.5 Å². The van der Waals surface area contributed by atoms with Gasteiger partial charge in [0.25, 0.3) is 5.69 Å². The van der Waals surface area contributed by atoms with Gasteiger partial charge in [-0.1, -0.05) is 29.8 Å². The maximum absolute atomic E-state index is 12.3. The van der Waals surface area contributed by atoms with Crippen LogP contribution >= 0.6 is 11.6 Å². The van der Waals surface area contributed by atoms with Gasteiger partial charge in [-0.15, -0.1) is 0 Å². The molecule has 1 aliphatic heterocycles. The first-order valence-electron chi connectivity index (χ1n) is 9.27. The van der Waals surface area contributed by atoms with Gasteiger partial charge in [-0.3, -0.25) is 14.9 Å². The molecule has 8 nitrogen and oxygen atoms in total. The van der Waals surface area contributed by atoms with Crippen molar-refractivity contribution in [3.63, 3.8) is 0 Å². The standard InChI is InChI=1S/C20H22ClN3O5/c21-16-6-7-18(19(14-16)24(26)27)22-8-10-23(11-9-22)20(25)15-28-12-13-29-17-4-2-1-3-5-17/h1-7,14H,8-13,15H2. The van der Waals surface area contributed by atoms with E-state index in [1.807, 2.05) is 35.2 Å². The van der Waals surface area contributed by atoms with Gasteiger partial charge in [-0.25, -0.2) is 0 Å². The summed E-state index contributed by atoms with van der Waals surface area (Å²) in [6, 6.07) is 14.0. The smallest absolute Gasteiger partial charge is 0.294 e. The molecule has 3 rings (SSSR count). The van der Waals surface area contributed by atoms with Crippen molar-refractivity contribution < 1.29 is 19.2 Å². The molecule has 0 aromatic heterocycles. The number of para-hydroxylation sites is 1. The number of carbonyl (C=O) groups is 1. The molecular weight excluding hydrogens is 398 g/mol. The van der Waals surface area contributed by atoms with Gasteiger partial charge >= 0.3 is 0 Å². The average Bonchev–Trinajstić information content (AvgIpc) is 2.74. The predicted molar refractivity (Wildman–Crippen MR) is 110 cm³/mol. The molecule has 0 N–H and O–H groups in total. The van der Waals surface area contributed by atoms with E-state index in [1.54, 1.807) is 17.0 Å². The van der Waals surface area contributed by atoms with Crippen LogP contribution in [0.2, 0.25) is 5.02 Å². The summed E-state index contributed by atoms with van der Waals surface area (Å²) in [6.45, 7) is 2.63. The molecular formula is C20H22ClN3O5. The maximum Gasteiger partial charge on any atom is 0.294 e. The summed E-state index contributed by atoms with van der Waals surface area (Å²) in [5.74, 6) is 0.657. The summed E-state index contributed by atoms with van der Waals surface area (Å²) in [5, 5.41) is 11.6. The largest absolute Gasteiger partial charge is 0.491 e. The van der Waals surface area contributed by atoms with Gasteiger partial charge in [-0.05, 0) is 24.3 Å². The Morgan fingerprint density at radius 2 is 1.79 bits per heavy atom. The third-order valence-electron chi connectivity index (χ3n) is 4.57. The molecule has 9 heteroatoms. The topological polar surface area (TPSA) is 85.2 Å². The molecule has 1 heterocycles. The summed E-state index contributed by atoms with van der Waals surface area (Å²) in [6.07, 6.45) is 0. The molecule has 0 aliphatic carbocycles. The number of nitro benzene ring substituents is 1. The van der Waals surface area contributed by atoms with Crippen LogP contribution in [-0.2, 0) is 9.53 Å². The Morgan fingerprint density at radius 1 is 1.07 bits per heavy atom. The molecule has 0 atom stereocenters. The van der Waals surface area contributed by atoms with Crippen LogP contribution in [0.1, 0.15) is 0 Å². The van der Waals surface area contributed by atoms with E-state index in [2.05, 4.69) is 0 Å². The highest BCUT2D eigenvalue weighted by Gasteiger charge is 2.26. The van der Waals surface area contributed by atoms with Crippen molar-refractivity contribution >= 4 is 28.9 Å². The third kappa shape index (κ3) is 5.82. The number of nitro groups is 1. The Hall–Kier alpha value is -2.84. The van der Waals surface area contributed by atoms with Crippen molar-refractivity contribution in [1.29, 1.82) is 0 Å². The Labute approximate surface area is 173 Å². The molecule has 0 spiro atoms. The first-order chi connectivity index (χ1) is 14.0. The Bertz CT molecular complexity index is 841. The number of amides is 1. The second kappa shape index (κ2) is 10.1. The first kappa shape index (κ1) is 20.9. The summed E-state index contributed by atoms with van der Waals surface area (Å²) >= 11 is 5.87. The second-order valence-corrected chi connectivity index (χ2v) is 6.91. The normalized spacial score (nSPS) is 14.0. The molecule has 2 aromatic rings. The Morgan fingerprint density at radius 3 is 2.48 bits per heavy atom. The molecule has 0 bridgehead atoms. The molecule has 154 valence electrons. The van der Waals surface area contributed by atoms with Crippen molar-refractivity contribution in [2.45, 2.75) is 0 Å². The van der Waals surface area contributed by atoms with E-state index in [9.17, 15) is 14.9 Å². The van der Waals surface area contributed by atoms with Gasteiger partial charge in [0, 0.05) is 37.3 Å². The van der Waals surface area contributed by atoms with Crippen LogP contribution in [0.5, 0.6) is 5.75 Å². The highest BCUT2D eigenvalue weighted by Crippen LogP contribution is 2.31. The fourth-order valence-corrected chi connectivity index (χ4v) is 3.26. The van der Waals surface area contributed by atoms with Crippen LogP contribution in [0.4, 0.5) is 11.4 Å². The SMILES string of the molecule is O=C(COCCOc1ccccc1)N1CCN(c2ccc(Cl)cc2[N+](=O)[O-])CC1. The van der Waals surface area contributed by atoms with E-state index in [0.29, 0.717) is 50.1 Å². The summed E-state index contributed by atoms with van der Waals surface area (Å²) in [5.41, 5.74) is 0.486. The summed E-state index contributed by atoms with van der Waals surface area (Å²) in [4.78, 5) is 26.8. The van der Waals surface area contributed by atoms with Crippen LogP contribution in [0.25, 0.3) is 0 Å². The number of benzene rings is 2. The zero-order valence-corrected chi connectivity index (χ0v) is 16.6. The zero-order valence-electron chi connectivity index (χ0n) is 15.8. The van der Waals surface area contributed by atoms with E-state index >= 15 is 0 Å². The zero-order chi connectivity index (χ0) is 20.6. The predicted octanol–water partition coefficient (Wildman–Crippen LogP) is 2.99. The van der Waals surface area contributed by atoms with Gasteiger partial charge in [0.1, 0.15) is 24.7 Å². The number of ether oxygens (including phenoxy) is 2. The first-order valence-corrected chi connectivity index (χ1v) is 9.64. The van der Waals surface area contributed by atoms with Crippen LogP contribution < -0.4 is 9.64 Å². The van der Waals surface area contributed by atoms with Gasteiger partial charge in [0.2, 0.25) is 5.91 Å². The molecule has 2 aromatic carbocycles. The number of rotatable bonds is 8. The number of piperazine rings is 1. The highest BCUT2D eigenvalue weighted by molar-refractivity contribution is 6.30. The molecule has 0 saturated carbocycles. The van der Waals surface area contributed by atoms with Crippen molar-refractivity contribution in [3.8, 4) is 5.75 Å². The molecule has 1 fully saturated rings. The van der Waals surface area contributed by atoms with Crippen molar-refractivity contribution in [3.05, 3.63) is 63.7 Å². The summed E-state index contributed by atoms with van der Waals surface area (Å²) in [7, 11) is 0. The lowest BCUT2D eigenvalue weighted by atomic mass is 10.2. The molecule has 0 unspecified atom stereocenters. The number of hydrogen-bond donors (Lipinski definition) is 0. The quantitative estimate of drug-likeness (QED) is 0.371. The van der Waals surface area contributed by atoms with Gasteiger partial charge in [0.05, 0.1) is 11.5 Å². The number of carbonyl (C=O) groups excluding carboxylic acids is 1. The van der Waals surface area contributed by atoms with Gasteiger partial charge in [0.15, 0.2) is 0 Å². The minimum absolute atomic E-state index is 0.0146. The fourth-order valence-electron chi connectivity index (χ4n) is 3.09. The van der Waals surface area contributed by atoms with E-state index in [-0.39, 0.29) is 18.2 Å². The Balaban J connectivity index is 1.41. The molecule has 1 saturated heterocycles. The lowest BCUT2D eigenvalue weighted by Crippen LogP contribution is -2.50. The van der Waals surface area contributed by atoms with E-state index in [4.69, 9.17) is 21.1 Å². The number of halogens is 1. The minimum atomic E-state index is -0.440. The minimum Gasteiger partial charge on any atom is -0.491 e. The summed E-state index contributed by atoms with van der Waals surface area (Å²) < 4.78 is 10.9. The Kier molecular flexibility index (Phi) is 7.26. The second-order valence-electron chi connectivity index (χ2n) is 6.47. The number of hydrogen-bond acceptors (Lipinski definition) is 6. The number of anilines is 1. The third-order valence-corrected chi connectivity index (χ3v) is 4.81. The van der Waals surface area contributed by atoms with Crippen LogP contribution in [0.3, 0.4) is 0 Å². The van der Waals surface area contributed by atoms with Crippen molar-refractivity contribution in [1.82, 2.24) is 4.90 Å².